The van der Waals surface area contributed by atoms with E-state index in [0.29, 0.717) is 6.42 Å². The van der Waals surface area contributed by atoms with Gasteiger partial charge in [-0.25, -0.2) is 0 Å². The summed E-state index contributed by atoms with van der Waals surface area (Å²) in [4.78, 5) is 12.5. The number of carbonyl (C=O) groups excluding carboxylic acids is 1. The number of fused-ring (bicyclic) bond motifs is 4. The second-order valence-electron chi connectivity index (χ2n) is 6.32. The van der Waals surface area contributed by atoms with Gasteiger partial charge in [-0.3, -0.25) is 9.36 Å². The van der Waals surface area contributed by atoms with E-state index in [9.17, 15) is 4.79 Å². The molecule has 0 fully saturated rings. The molecule has 0 saturated carbocycles. The topological polar surface area (TPSA) is 52.7 Å². The van der Waals surface area contributed by atoms with Crippen molar-refractivity contribution in [3.63, 3.8) is 0 Å². The van der Waals surface area contributed by atoms with Crippen LogP contribution in [0.5, 0.6) is 0 Å². The van der Waals surface area contributed by atoms with E-state index < -0.39 is 0 Å². The SMILES string of the molecule is C=CCC1C(=O)C=CC2=C1n1ccc3c1=C(CCC=3)c1nncn12. The number of hydrogen-bond acceptors (Lipinski definition) is 3. The summed E-state index contributed by atoms with van der Waals surface area (Å²) in [6.07, 6.45) is 14.0. The zero-order valence-corrected chi connectivity index (χ0v) is 13.1. The molecule has 0 aromatic carbocycles. The highest BCUT2D eigenvalue weighted by molar-refractivity contribution is 6.07. The number of hydrogen-bond donors (Lipinski definition) is 0. The highest BCUT2D eigenvalue weighted by Gasteiger charge is 2.32. The third kappa shape index (κ3) is 1.61. The Labute approximate surface area is 138 Å². The van der Waals surface area contributed by atoms with Crippen LogP contribution in [0.1, 0.15) is 25.1 Å². The Balaban J connectivity index is 1.95. The van der Waals surface area contributed by atoms with Gasteiger partial charge in [0.05, 0.1) is 22.7 Å². The van der Waals surface area contributed by atoms with E-state index in [2.05, 4.69) is 39.7 Å². The standard InChI is InChI=1S/C19H16N4O/c1-2-4-13-16(24)8-7-15-18(13)22-10-9-12-5-3-6-14(17(12)22)19-21-20-11-23(15)19/h2,5,7-11,13H,1,3-4,6H2. The lowest BCUT2D eigenvalue weighted by molar-refractivity contribution is -0.116. The molecule has 2 aromatic heterocycles. The van der Waals surface area contributed by atoms with E-state index in [1.807, 2.05) is 16.7 Å². The average molecular weight is 316 g/mol. The van der Waals surface area contributed by atoms with Crippen LogP contribution in [0.3, 0.4) is 0 Å². The Kier molecular flexibility index (Phi) is 2.68. The molecule has 0 N–H and O–H groups in total. The summed E-state index contributed by atoms with van der Waals surface area (Å²) in [5, 5.41) is 10.9. The molecule has 5 rings (SSSR count). The predicted molar refractivity (Wildman–Crippen MR) is 91.8 cm³/mol. The summed E-state index contributed by atoms with van der Waals surface area (Å²) >= 11 is 0. The van der Waals surface area contributed by atoms with Gasteiger partial charge >= 0.3 is 0 Å². The van der Waals surface area contributed by atoms with Crippen molar-refractivity contribution in [2.45, 2.75) is 19.3 Å². The van der Waals surface area contributed by atoms with Gasteiger partial charge in [-0.15, -0.1) is 16.8 Å². The average Bonchev–Trinajstić information content (AvgIpc) is 3.21. The minimum atomic E-state index is -0.226. The highest BCUT2D eigenvalue weighted by atomic mass is 16.1. The molecule has 5 nitrogen and oxygen atoms in total. The molecule has 1 unspecified atom stereocenters. The largest absolute Gasteiger partial charge is 0.317 e. The zero-order chi connectivity index (χ0) is 16.3. The maximum atomic E-state index is 12.5. The molecule has 1 aliphatic heterocycles. The Hall–Kier alpha value is -2.95. The van der Waals surface area contributed by atoms with Crippen LogP contribution < -0.4 is 10.6 Å². The molecular weight excluding hydrogens is 300 g/mol. The van der Waals surface area contributed by atoms with Crippen molar-refractivity contribution < 1.29 is 4.79 Å². The smallest absolute Gasteiger partial charge is 0.166 e. The summed E-state index contributed by atoms with van der Waals surface area (Å²) in [7, 11) is 0. The number of rotatable bonds is 2. The van der Waals surface area contributed by atoms with Crippen molar-refractivity contribution in [1.82, 2.24) is 19.3 Å². The number of carbonyl (C=O) groups is 1. The predicted octanol–water partition coefficient (Wildman–Crippen LogP) is 1.32. The first-order valence-electron chi connectivity index (χ1n) is 8.18. The van der Waals surface area contributed by atoms with Crippen molar-refractivity contribution >= 4 is 28.8 Å². The van der Waals surface area contributed by atoms with E-state index in [4.69, 9.17) is 0 Å². The van der Waals surface area contributed by atoms with Gasteiger partial charge in [-0.1, -0.05) is 12.2 Å². The first kappa shape index (κ1) is 13.5. The number of allylic oxidation sites excluding steroid dienone is 5. The van der Waals surface area contributed by atoms with Crippen LogP contribution in [0.4, 0.5) is 0 Å². The molecule has 0 amide bonds. The quantitative estimate of drug-likeness (QED) is 0.785. The summed E-state index contributed by atoms with van der Waals surface area (Å²) < 4.78 is 4.20. The van der Waals surface area contributed by atoms with Crippen molar-refractivity contribution in [2.75, 3.05) is 0 Å². The van der Waals surface area contributed by atoms with Crippen molar-refractivity contribution in [3.05, 3.63) is 59.8 Å². The van der Waals surface area contributed by atoms with Crippen molar-refractivity contribution in [1.29, 1.82) is 0 Å². The van der Waals surface area contributed by atoms with Crippen LogP contribution in [0.25, 0.3) is 23.0 Å². The third-order valence-corrected chi connectivity index (χ3v) is 5.04. The van der Waals surface area contributed by atoms with Crippen LogP contribution in [0.15, 0.2) is 43.4 Å². The van der Waals surface area contributed by atoms with Gasteiger partial charge in [0.15, 0.2) is 11.6 Å². The molecular formula is C19H16N4O. The van der Waals surface area contributed by atoms with Crippen LogP contribution in [0, 0.1) is 5.92 Å². The van der Waals surface area contributed by atoms with Crippen molar-refractivity contribution in [3.8, 4) is 0 Å². The van der Waals surface area contributed by atoms with E-state index >= 15 is 0 Å². The lowest BCUT2D eigenvalue weighted by atomic mass is 9.90. The van der Waals surface area contributed by atoms with E-state index in [-0.39, 0.29) is 11.7 Å². The lowest BCUT2D eigenvalue weighted by Gasteiger charge is -2.24. The molecule has 24 heavy (non-hydrogen) atoms. The molecule has 118 valence electrons. The summed E-state index contributed by atoms with van der Waals surface area (Å²) in [5.74, 6) is 0.773. The minimum absolute atomic E-state index is 0.119. The monoisotopic (exact) mass is 316 g/mol. The Morgan fingerprint density at radius 3 is 3.12 bits per heavy atom. The molecule has 2 aromatic rings. The Morgan fingerprint density at radius 2 is 2.25 bits per heavy atom. The third-order valence-electron chi connectivity index (χ3n) is 5.04. The first-order chi connectivity index (χ1) is 11.8. The van der Waals surface area contributed by atoms with Gasteiger partial charge in [0, 0.05) is 11.8 Å². The van der Waals surface area contributed by atoms with Gasteiger partial charge in [0.1, 0.15) is 6.33 Å². The van der Waals surface area contributed by atoms with E-state index in [1.165, 1.54) is 10.8 Å². The summed E-state index contributed by atoms with van der Waals surface area (Å²) in [5.41, 5.74) is 3.17. The fourth-order valence-corrected chi connectivity index (χ4v) is 4.02. The summed E-state index contributed by atoms with van der Waals surface area (Å²) in [6.45, 7) is 3.84. The van der Waals surface area contributed by atoms with Crippen LogP contribution >= 0.6 is 0 Å². The van der Waals surface area contributed by atoms with Gasteiger partial charge in [0.25, 0.3) is 0 Å². The number of nitrogens with zero attached hydrogens (tertiary/aromatic N) is 4. The normalized spacial score (nSPS) is 20.9. The van der Waals surface area contributed by atoms with Gasteiger partial charge in [-0.2, -0.15) is 0 Å². The van der Waals surface area contributed by atoms with Crippen LogP contribution in [-0.2, 0) is 4.79 Å². The van der Waals surface area contributed by atoms with Crippen LogP contribution in [0.2, 0.25) is 0 Å². The molecule has 0 radical (unpaired) electrons. The van der Waals surface area contributed by atoms with E-state index in [1.54, 1.807) is 12.4 Å². The molecule has 1 atom stereocenters. The maximum absolute atomic E-state index is 12.5. The first-order valence-corrected chi connectivity index (χ1v) is 8.18. The van der Waals surface area contributed by atoms with Gasteiger partial charge in [0.2, 0.25) is 0 Å². The molecule has 0 bridgehead atoms. The molecule has 3 heterocycles. The second-order valence-corrected chi connectivity index (χ2v) is 6.32. The molecule has 3 aliphatic rings. The fourth-order valence-electron chi connectivity index (χ4n) is 4.02. The minimum Gasteiger partial charge on any atom is -0.317 e. The van der Waals surface area contributed by atoms with Gasteiger partial charge in [-0.05, 0) is 42.7 Å². The van der Waals surface area contributed by atoms with Crippen LogP contribution in [-0.4, -0.2) is 25.1 Å². The molecule has 2 aliphatic carbocycles. The number of ketones is 1. The second kappa shape index (κ2) is 4.77. The number of aromatic nitrogens is 4. The van der Waals surface area contributed by atoms with Crippen molar-refractivity contribution in [2.24, 2.45) is 5.92 Å². The molecule has 5 heteroatoms. The summed E-state index contributed by atoms with van der Waals surface area (Å²) in [6, 6.07) is 2.12. The zero-order valence-electron chi connectivity index (χ0n) is 13.1. The maximum Gasteiger partial charge on any atom is 0.166 e. The fraction of sp³-hybridized carbons (Fsp3) is 0.211. The highest BCUT2D eigenvalue weighted by Crippen LogP contribution is 2.35. The lowest BCUT2D eigenvalue weighted by Crippen LogP contribution is -2.35. The van der Waals surface area contributed by atoms with E-state index in [0.717, 1.165) is 35.4 Å². The molecule has 0 spiro atoms. The van der Waals surface area contributed by atoms with Gasteiger partial charge < -0.3 is 4.57 Å². The molecule has 0 saturated heterocycles. The Morgan fingerprint density at radius 1 is 1.33 bits per heavy atom. The Bertz CT molecular complexity index is 1080.